The Morgan fingerprint density at radius 3 is 2.50 bits per heavy atom. The Labute approximate surface area is 106 Å². The molecular formula is C13H15NO4. The highest BCUT2D eigenvalue weighted by atomic mass is 16.6. The molecule has 1 N–H and O–H groups in total. The van der Waals surface area contributed by atoms with E-state index in [2.05, 4.69) is 0 Å². The van der Waals surface area contributed by atoms with Crippen molar-refractivity contribution in [3.63, 3.8) is 0 Å². The van der Waals surface area contributed by atoms with Crippen molar-refractivity contribution in [2.45, 2.75) is 18.9 Å². The number of benzene rings is 1. The van der Waals surface area contributed by atoms with Crippen molar-refractivity contribution in [3.8, 4) is 11.8 Å². The van der Waals surface area contributed by atoms with Crippen molar-refractivity contribution in [1.29, 1.82) is 5.26 Å². The van der Waals surface area contributed by atoms with Crippen LogP contribution >= 0.6 is 0 Å². The Kier molecular flexibility index (Phi) is 4.69. The average molecular weight is 249 g/mol. The molecule has 0 aromatic heterocycles. The van der Waals surface area contributed by atoms with Gasteiger partial charge in [0, 0.05) is 7.11 Å². The summed E-state index contributed by atoms with van der Waals surface area (Å²) < 4.78 is 10.3. The number of carbonyl (C=O) groups is 1. The fraction of sp³-hybridized carbons (Fsp3) is 0.385. The van der Waals surface area contributed by atoms with Crippen LogP contribution < -0.4 is 4.74 Å². The molecule has 1 rings (SSSR count). The van der Waals surface area contributed by atoms with Crippen molar-refractivity contribution in [3.05, 3.63) is 29.8 Å². The summed E-state index contributed by atoms with van der Waals surface area (Å²) in [5.41, 5.74) is -0.570. The number of methoxy groups -OCH3 is 1. The van der Waals surface area contributed by atoms with E-state index in [1.54, 1.807) is 24.3 Å². The van der Waals surface area contributed by atoms with E-state index in [-0.39, 0.29) is 6.61 Å². The summed E-state index contributed by atoms with van der Waals surface area (Å²) in [6.45, 7) is 1.39. The van der Waals surface area contributed by atoms with Gasteiger partial charge in [0.25, 0.3) is 0 Å². The van der Waals surface area contributed by atoms with Crippen molar-refractivity contribution in [2.24, 2.45) is 0 Å². The van der Waals surface area contributed by atoms with E-state index >= 15 is 0 Å². The number of hydrogen-bond acceptors (Lipinski definition) is 4. The zero-order valence-corrected chi connectivity index (χ0v) is 10.3. The molecule has 0 aliphatic heterocycles. The number of carboxylic acid groups (broad SMARTS) is 1. The minimum absolute atomic E-state index is 0.0533. The second-order valence-corrected chi connectivity index (χ2v) is 4.05. The second-order valence-electron chi connectivity index (χ2n) is 4.05. The van der Waals surface area contributed by atoms with Gasteiger partial charge in [-0.1, -0.05) is 12.1 Å². The third kappa shape index (κ3) is 3.47. The van der Waals surface area contributed by atoms with Crippen LogP contribution in [-0.4, -0.2) is 30.4 Å². The predicted octanol–water partition coefficient (Wildman–Crippen LogP) is 1.62. The number of hydrogen-bond donors (Lipinski definition) is 1. The van der Waals surface area contributed by atoms with Crippen LogP contribution in [0.5, 0.6) is 5.75 Å². The second kappa shape index (κ2) is 6.03. The molecule has 1 unspecified atom stereocenters. The van der Waals surface area contributed by atoms with Crippen LogP contribution in [0.1, 0.15) is 12.5 Å². The molecule has 0 fully saturated rings. The van der Waals surface area contributed by atoms with Gasteiger partial charge in [-0.2, -0.15) is 5.26 Å². The van der Waals surface area contributed by atoms with Gasteiger partial charge in [0.15, 0.2) is 0 Å². The maximum absolute atomic E-state index is 11.1. The molecule has 18 heavy (non-hydrogen) atoms. The number of carboxylic acids is 1. The fourth-order valence-electron chi connectivity index (χ4n) is 1.44. The molecule has 1 aromatic carbocycles. The van der Waals surface area contributed by atoms with Crippen LogP contribution in [0.25, 0.3) is 0 Å². The molecule has 0 spiro atoms. The maximum Gasteiger partial charge on any atom is 0.350 e. The van der Waals surface area contributed by atoms with Crippen molar-refractivity contribution >= 4 is 5.97 Å². The standard InChI is InChI=1S/C13H15NO4/c1-13(9-17-2,12(15)16)18-11-5-3-10(4-6-11)7-8-14/h3-6H,7,9H2,1-2H3,(H,15,16). The Hall–Kier alpha value is -2.06. The SMILES string of the molecule is COCC(C)(Oc1ccc(CC#N)cc1)C(=O)O. The normalized spacial score (nSPS) is 13.4. The Balaban J connectivity index is 2.82. The molecule has 5 heteroatoms. The summed E-state index contributed by atoms with van der Waals surface area (Å²) in [6, 6.07) is 8.78. The van der Waals surface area contributed by atoms with Crippen molar-refractivity contribution < 1.29 is 19.4 Å². The molecule has 96 valence electrons. The Morgan fingerprint density at radius 2 is 2.06 bits per heavy atom. The number of ether oxygens (including phenoxy) is 2. The molecule has 0 radical (unpaired) electrons. The topological polar surface area (TPSA) is 79.5 Å². The average Bonchev–Trinajstić information content (AvgIpc) is 2.32. The van der Waals surface area contributed by atoms with Gasteiger partial charge in [-0.3, -0.25) is 0 Å². The predicted molar refractivity (Wildman–Crippen MR) is 64.3 cm³/mol. The molecule has 0 saturated carbocycles. The molecule has 0 aliphatic carbocycles. The lowest BCUT2D eigenvalue weighted by Gasteiger charge is -2.25. The minimum Gasteiger partial charge on any atom is -0.478 e. The van der Waals surface area contributed by atoms with Gasteiger partial charge < -0.3 is 14.6 Å². The molecule has 1 atom stereocenters. The highest BCUT2D eigenvalue weighted by Crippen LogP contribution is 2.20. The zero-order chi connectivity index (χ0) is 13.6. The van der Waals surface area contributed by atoms with E-state index in [0.29, 0.717) is 12.2 Å². The van der Waals surface area contributed by atoms with E-state index in [4.69, 9.17) is 19.8 Å². The minimum atomic E-state index is -1.43. The van der Waals surface area contributed by atoms with Crippen molar-refractivity contribution in [1.82, 2.24) is 0 Å². The van der Waals surface area contributed by atoms with Crippen LogP contribution in [0.3, 0.4) is 0 Å². The summed E-state index contributed by atoms with van der Waals surface area (Å²) >= 11 is 0. The summed E-state index contributed by atoms with van der Waals surface area (Å²) in [6.07, 6.45) is 0.314. The number of rotatable bonds is 6. The van der Waals surface area contributed by atoms with Gasteiger partial charge in [0.2, 0.25) is 5.60 Å². The molecule has 0 amide bonds. The molecule has 5 nitrogen and oxygen atoms in total. The highest BCUT2D eigenvalue weighted by molar-refractivity contribution is 5.77. The smallest absolute Gasteiger partial charge is 0.350 e. The lowest BCUT2D eigenvalue weighted by Crippen LogP contribution is -2.45. The molecule has 1 aromatic rings. The first-order chi connectivity index (χ1) is 8.51. The van der Waals surface area contributed by atoms with Gasteiger partial charge in [0.1, 0.15) is 5.75 Å². The summed E-state index contributed by atoms with van der Waals surface area (Å²) in [5, 5.41) is 17.7. The fourth-order valence-corrected chi connectivity index (χ4v) is 1.44. The van der Waals surface area contributed by atoms with Crippen LogP contribution in [0.4, 0.5) is 0 Å². The molecule has 0 aliphatic rings. The van der Waals surface area contributed by atoms with E-state index in [0.717, 1.165) is 5.56 Å². The number of nitrogens with zero attached hydrogens (tertiary/aromatic N) is 1. The Morgan fingerprint density at radius 1 is 1.44 bits per heavy atom. The van der Waals surface area contributed by atoms with Gasteiger partial charge in [-0.25, -0.2) is 4.79 Å². The van der Waals surface area contributed by atoms with E-state index in [1.165, 1.54) is 14.0 Å². The highest BCUT2D eigenvalue weighted by Gasteiger charge is 2.35. The number of aliphatic carboxylic acids is 1. The largest absolute Gasteiger partial charge is 0.478 e. The zero-order valence-electron chi connectivity index (χ0n) is 10.3. The summed E-state index contributed by atoms with van der Waals surface area (Å²) in [5.74, 6) is -0.663. The maximum atomic E-state index is 11.1. The van der Waals surface area contributed by atoms with Gasteiger partial charge in [-0.15, -0.1) is 0 Å². The monoisotopic (exact) mass is 249 g/mol. The first kappa shape index (κ1) is 14.0. The number of nitriles is 1. The molecule has 0 bridgehead atoms. The summed E-state index contributed by atoms with van der Waals surface area (Å²) in [4.78, 5) is 11.1. The van der Waals surface area contributed by atoms with Crippen LogP contribution in [0, 0.1) is 11.3 Å². The van der Waals surface area contributed by atoms with Gasteiger partial charge in [-0.05, 0) is 24.6 Å². The lowest BCUT2D eigenvalue weighted by atomic mass is 10.1. The first-order valence-corrected chi connectivity index (χ1v) is 5.39. The third-order valence-corrected chi connectivity index (χ3v) is 2.42. The molecule has 0 heterocycles. The van der Waals surface area contributed by atoms with E-state index in [9.17, 15) is 4.79 Å². The van der Waals surface area contributed by atoms with Gasteiger partial charge >= 0.3 is 5.97 Å². The van der Waals surface area contributed by atoms with Gasteiger partial charge in [0.05, 0.1) is 19.1 Å². The first-order valence-electron chi connectivity index (χ1n) is 5.39. The van der Waals surface area contributed by atoms with E-state index in [1.807, 2.05) is 6.07 Å². The van der Waals surface area contributed by atoms with Crippen LogP contribution in [-0.2, 0) is 16.0 Å². The lowest BCUT2D eigenvalue weighted by molar-refractivity contribution is -0.158. The quantitative estimate of drug-likeness (QED) is 0.828. The molecule has 0 saturated heterocycles. The van der Waals surface area contributed by atoms with Crippen LogP contribution in [0.15, 0.2) is 24.3 Å². The third-order valence-electron chi connectivity index (χ3n) is 2.42. The Bertz CT molecular complexity index is 449. The summed E-state index contributed by atoms with van der Waals surface area (Å²) in [7, 11) is 1.42. The molecular weight excluding hydrogens is 234 g/mol. The van der Waals surface area contributed by atoms with Crippen molar-refractivity contribution in [2.75, 3.05) is 13.7 Å². The van der Waals surface area contributed by atoms with E-state index < -0.39 is 11.6 Å². The van der Waals surface area contributed by atoms with Crippen LogP contribution in [0.2, 0.25) is 0 Å².